The molecule has 0 aliphatic carbocycles. The summed E-state index contributed by atoms with van der Waals surface area (Å²) in [6, 6.07) is 18.9. The molecule has 0 radical (unpaired) electrons. The Labute approximate surface area is 189 Å². The summed E-state index contributed by atoms with van der Waals surface area (Å²) < 4.78 is 38.3. The lowest BCUT2D eigenvalue weighted by Crippen LogP contribution is -2.31. The first kappa shape index (κ1) is 21.3. The van der Waals surface area contributed by atoms with Crippen LogP contribution in [0.1, 0.15) is 22.4 Å². The van der Waals surface area contributed by atoms with Gasteiger partial charge in [-0.25, -0.2) is 9.97 Å². The van der Waals surface area contributed by atoms with Gasteiger partial charge in [-0.1, -0.05) is 48.5 Å². The van der Waals surface area contributed by atoms with Crippen LogP contribution in [0.15, 0.2) is 79.1 Å². The molecule has 0 saturated heterocycles. The van der Waals surface area contributed by atoms with Gasteiger partial charge in [0.15, 0.2) is 5.82 Å². The van der Waals surface area contributed by atoms with Crippen molar-refractivity contribution >= 4 is 0 Å². The molecule has 4 aromatic rings. The Bertz CT molecular complexity index is 1240. The standard InChI is InChI=1S/C26H21F3N4/c27-26(28,29)22-9-7-19(8-10-22)23-11-6-18(14-30-23)16-33-13-12-24-21(17-33)15-31-25(32-24)20-4-2-1-3-5-20/h1-11,14-15H,12-13,16-17H2. The minimum Gasteiger partial charge on any atom is -0.294 e. The van der Waals surface area contributed by atoms with Gasteiger partial charge in [0.2, 0.25) is 0 Å². The maximum absolute atomic E-state index is 12.8. The van der Waals surface area contributed by atoms with Crippen molar-refractivity contribution in [1.82, 2.24) is 19.9 Å². The first-order valence-corrected chi connectivity index (χ1v) is 10.7. The quantitative estimate of drug-likeness (QED) is 0.398. The van der Waals surface area contributed by atoms with Crippen LogP contribution < -0.4 is 0 Å². The van der Waals surface area contributed by atoms with E-state index >= 15 is 0 Å². The lowest BCUT2D eigenvalue weighted by atomic mass is 10.1. The third kappa shape index (κ3) is 4.78. The van der Waals surface area contributed by atoms with Crippen molar-refractivity contribution in [3.63, 3.8) is 0 Å². The fourth-order valence-electron chi connectivity index (χ4n) is 4.01. The lowest BCUT2D eigenvalue weighted by Gasteiger charge is -2.28. The number of rotatable bonds is 4. The molecule has 1 aliphatic rings. The highest BCUT2D eigenvalue weighted by atomic mass is 19.4. The van der Waals surface area contributed by atoms with Gasteiger partial charge in [-0.2, -0.15) is 13.2 Å². The van der Waals surface area contributed by atoms with Crippen molar-refractivity contribution in [2.24, 2.45) is 0 Å². The zero-order valence-corrected chi connectivity index (χ0v) is 17.8. The van der Waals surface area contributed by atoms with E-state index in [1.165, 1.54) is 12.1 Å². The molecule has 7 heteroatoms. The van der Waals surface area contributed by atoms with E-state index in [9.17, 15) is 13.2 Å². The van der Waals surface area contributed by atoms with Gasteiger partial charge in [-0.3, -0.25) is 9.88 Å². The summed E-state index contributed by atoms with van der Waals surface area (Å²) in [5.74, 6) is 0.755. The molecule has 166 valence electrons. The highest BCUT2D eigenvalue weighted by Crippen LogP contribution is 2.30. The second-order valence-corrected chi connectivity index (χ2v) is 8.12. The first-order valence-electron chi connectivity index (χ1n) is 10.7. The Kier molecular flexibility index (Phi) is 5.64. The Balaban J connectivity index is 1.24. The molecule has 0 atom stereocenters. The SMILES string of the molecule is FC(F)(F)c1ccc(-c2ccc(CN3CCc4nc(-c5ccccc5)ncc4C3)cn2)cc1. The molecule has 33 heavy (non-hydrogen) atoms. The van der Waals surface area contributed by atoms with E-state index in [4.69, 9.17) is 4.98 Å². The average molecular weight is 446 g/mol. The largest absolute Gasteiger partial charge is 0.416 e. The number of hydrogen-bond donors (Lipinski definition) is 0. The molecule has 0 N–H and O–H groups in total. The fraction of sp³-hybridized carbons (Fsp3) is 0.192. The Morgan fingerprint density at radius 2 is 1.61 bits per heavy atom. The van der Waals surface area contributed by atoms with Crippen molar-refractivity contribution in [3.8, 4) is 22.6 Å². The highest BCUT2D eigenvalue weighted by molar-refractivity contribution is 5.59. The maximum atomic E-state index is 12.8. The van der Waals surface area contributed by atoms with Crippen LogP contribution in [0.2, 0.25) is 0 Å². The third-order valence-electron chi connectivity index (χ3n) is 5.78. The van der Waals surface area contributed by atoms with Crippen LogP contribution in [0.4, 0.5) is 13.2 Å². The smallest absolute Gasteiger partial charge is 0.294 e. The van der Waals surface area contributed by atoms with Gasteiger partial charge in [0.1, 0.15) is 0 Å². The van der Waals surface area contributed by atoms with Crippen molar-refractivity contribution in [1.29, 1.82) is 0 Å². The molecule has 0 saturated carbocycles. The molecule has 5 rings (SSSR count). The molecule has 0 fully saturated rings. The average Bonchev–Trinajstić information content (AvgIpc) is 2.84. The van der Waals surface area contributed by atoms with Crippen molar-refractivity contribution in [3.05, 3.63) is 102 Å². The number of fused-ring (bicyclic) bond motifs is 1. The van der Waals surface area contributed by atoms with E-state index in [1.807, 2.05) is 48.7 Å². The van der Waals surface area contributed by atoms with Gasteiger partial charge in [-0.15, -0.1) is 0 Å². The zero-order chi connectivity index (χ0) is 22.8. The summed E-state index contributed by atoms with van der Waals surface area (Å²) in [7, 11) is 0. The fourth-order valence-corrected chi connectivity index (χ4v) is 4.01. The van der Waals surface area contributed by atoms with Crippen molar-refractivity contribution < 1.29 is 13.2 Å². The Hall–Kier alpha value is -3.58. The second-order valence-electron chi connectivity index (χ2n) is 8.12. The van der Waals surface area contributed by atoms with Crippen LogP contribution in [0.5, 0.6) is 0 Å². The van der Waals surface area contributed by atoms with Gasteiger partial charge in [0.05, 0.1) is 17.0 Å². The van der Waals surface area contributed by atoms with E-state index < -0.39 is 11.7 Å². The van der Waals surface area contributed by atoms with Crippen LogP contribution in [0.25, 0.3) is 22.6 Å². The van der Waals surface area contributed by atoms with E-state index in [0.29, 0.717) is 11.3 Å². The van der Waals surface area contributed by atoms with Gasteiger partial charge in [0, 0.05) is 55.1 Å². The topological polar surface area (TPSA) is 41.9 Å². The van der Waals surface area contributed by atoms with Crippen molar-refractivity contribution in [2.45, 2.75) is 25.7 Å². The molecule has 1 aliphatic heterocycles. The molecule has 2 aromatic heterocycles. The number of halogens is 3. The summed E-state index contributed by atoms with van der Waals surface area (Å²) in [5.41, 5.74) is 4.95. The number of alkyl halides is 3. The van der Waals surface area contributed by atoms with Crippen LogP contribution in [-0.2, 0) is 25.7 Å². The second kappa shape index (κ2) is 8.75. The minimum absolute atomic E-state index is 0.651. The molecular weight excluding hydrogens is 425 g/mol. The Morgan fingerprint density at radius 3 is 2.30 bits per heavy atom. The van der Waals surface area contributed by atoms with Crippen molar-refractivity contribution in [2.75, 3.05) is 6.54 Å². The number of nitrogens with zero attached hydrogens (tertiary/aromatic N) is 4. The van der Waals surface area contributed by atoms with Gasteiger partial charge < -0.3 is 0 Å². The summed E-state index contributed by atoms with van der Waals surface area (Å²) in [4.78, 5) is 16.1. The summed E-state index contributed by atoms with van der Waals surface area (Å²) in [5, 5.41) is 0. The van der Waals surface area contributed by atoms with Crippen LogP contribution in [0.3, 0.4) is 0 Å². The zero-order valence-electron chi connectivity index (χ0n) is 17.8. The van der Waals surface area contributed by atoms with Crippen LogP contribution in [0, 0.1) is 0 Å². The normalized spacial score (nSPS) is 14.2. The maximum Gasteiger partial charge on any atom is 0.416 e. The predicted octanol–water partition coefficient (Wildman–Crippen LogP) is 5.78. The van der Waals surface area contributed by atoms with Gasteiger partial charge >= 0.3 is 6.18 Å². The molecule has 2 aromatic carbocycles. The van der Waals surface area contributed by atoms with Gasteiger partial charge in [0.25, 0.3) is 0 Å². The molecule has 4 nitrogen and oxygen atoms in total. The van der Waals surface area contributed by atoms with E-state index in [0.717, 1.165) is 66.4 Å². The molecule has 0 spiro atoms. The summed E-state index contributed by atoms with van der Waals surface area (Å²) in [6.07, 6.45) is 0.228. The number of hydrogen-bond acceptors (Lipinski definition) is 4. The first-order chi connectivity index (χ1) is 16.0. The molecular formula is C26H21F3N4. The summed E-state index contributed by atoms with van der Waals surface area (Å²) in [6.45, 7) is 2.39. The molecule has 3 heterocycles. The third-order valence-corrected chi connectivity index (χ3v) is 5.78. The molecule has 0 bridgehead atoms. The number of pyridine rings is 1. The molecule has 0 amide bonds. The van der Waals surface area contributed by atoms with Crippen LogP contribution in [-0.4, -0.2) is 26.4 Å². The number of benzene rings is 2. The highest BCUT2D eigenvalue weighted by Gasteiger charge is 2.30. The van der Waals surface area contributed by atoms with Gasteiger partial charge in [-0.05, 0) is 23.8 Å². The van der Waals surface area contributed by atoms with E-state index in [2.05, 4.69) is 14.9 Å². The monoisotopic (exact) mass is 446 g/mol. The summed E-state index contributed by atoms with van der Waals surface area (Å²) >= 11 is 0. The lowest BCUT2D eigenvalue weighted by molar-refractivity contribution is -0.137. The minimum atomic E-state index is -4.34. The predicted molar refractivity (Wildman–Crippen MR) is 120 cm³/mol. The van der Waals surface area contributed by atoms with E-state index in [1.54, 1.807) is 6.20 Å². The van der Waals surface area contributed by atoms with Crippen LogP contribution >= 0.6 is 0 Å². The number of aromatic nitrogens is 3. The Morgan fingerprint density at radius 1 is 0.818 bits per heavy atom. The molecule has 0 unspecified atom stereocenters. The van der Waals surface area contributed by atoms with E-state index in [-0.39, 0.29) is 0 Å².